The van der Waals surface area contributed by atoms with E-state index in [9.17, 15) is 9.18 Å². The lowest BCUT2D eigenvalue weighted by atomic mass is 10.1. The lowest BCUT2D eigenvalue weighted by Crippen LogP contribution is -1.85. The summed E-state index contributed by atoms with van der Waals surface area (Å²) >= 11 is 0. The van der Waals surface area contributed by atoms with Crippen molar-refractivity contribution in [2.24, 2.45) is 0 Å². The zero-order chi connectivity index (χ0) is 9.97. The van der Waals surface area contributed by atoms with Gasteiger partial charge in [-0.1, -0.05) is 18.2 Å². The standard InChI is InChI=1S/C11H7FO2/c12-11-4-2-1-3-9(11)10-7-14-6-8(10)5-13/h1-7H. The van der Waals surface area contributed by atoms with Crippen LogP contribution < -0.4 is 0 Å². The first-order valence-electron chi connectivity index (χ1n) is 4.09. The molecule has 0 spiro atoms. The molecule has 0 bridgehead atoms. The van der Waals surface area contributed by atoms with Gasteiger partial charge in [0.2, 0.25) is 0 Å². The molecule has 70 valence electrons. The van der Waals surface area contributed by atoms with E-state index < -0.39 is 0 Å². The molecule has 0 saturated heterocycles. The molecule has 1 aromatic carbocycles. The summed E-state index contributed by atoms with van der Waals surface area (Å²) in [4.78, 5) is 10.6. The van der Waals surface area contributed by atoms with Gasteiger partial charge in [0.1, 0.15) is 12.1 Å². The zero-order valence-corrected chi connectivity index (χ0v) is 7.24. The predicted molar refractivity (Wildman–Crippen MR) is 49.5 cm³/mol. The maximum absolute atomic E-state index is 13.3. The van der Waals surface area contributed by atoms with Crippen molar-refractivity contribution in [2.75, 3.05) is 0 Å². The molecule has 0 amide bonds. The van der Waals surface area contributed by atoms with Gasteiger partial charge in [-0.3, -0.25) is 4.79 Å². The number of hydrogen-bond donors (Lipinski definition) is 0. The molecule has 0 aliphatic heterocycles. The molecule has 0 saturated carbocycles. The highest BCUT2D eigenvalue weighted by Crippen LogP contribution is 2.25. The van der Waals surface area contributed by atoms with E-state index in [1.54, 1.807) is 18.2 Å². The Bertz CT molecular complexity index is 460. The van der Waals surface area contributed by atoms with E-state index in [1.165, 1.54) is 18.6 Å². The van der Waals surface area contributed by atoms with Gasteiger partial charge < -0.3 is 4.42 Å². The maximum atomic E-state index is 13.3. The van der Waals surface area contributed by atoms with Gasteiger partial charge in [0, 0.05) is 11.1 Å². The van der Waals surface area contributed by atoms with E-state index in [-0.39, 0.29) is 5.82 Å². The number of hydrogen-bond acceptors (Lipinski definition) is 2. The van der Waals surface area contributed by atoms with Gasteiger partial charge in [-0.15, -0.1) is 0 Å². The Balaban J connectivity index is 2.60. The third-order valence-corrected chi connectivity index (χ3v) is 1.98. The van der Waals surface area contributed by atoms with Gasteiger partial charge in [-0.05, 0) is 6.07 Å². The van der Waals surface area contributed by atoms with E-state index in [0.29, 0.717) is 23.0 Å². The SMILES string of the molecule is O=Cc1cocc1-c1ccccc1F. The Morgan fingerprint density at radius 3 is 2.64 bits per heavy atom. The fourth-order valence-electron chi connectivity index (χ4n) is 1.30. The molecule has 0 unspecified atom stereocenters. The van der Waals surface area contributed by atoms with Crippen LogP contribution in [-0.4, -0.2) is 6.29 Å². The highest BCUT2D eigenvalue weighted by atomic mass is 19.1. The molecule has 1 heterocycles. The first-order valence-corrected chi connectivity index (χ1v) is 4.09. The lowest BCUT2D eigenvalue weighted by molar-refractivity contribution is 0.112. The second-order valence-corrected chi connectivity index (χ2v) is 2.84. The molecule has 0 aliphatic carbocycles. The van der Waals surface area contributed by atoms with Crippen LogP contribution in [0.4, 0.5) is 4.39 Å². The number of rotatable bonds is 2. The van der Waals surface area contributed by atoms with Crippen molar-refractivity contribution in [1.82, 2.24) is 0 Å². The van der Waals surface area contributed by atoms with E-state index in [1.807, 2.05) is 0 Å². The van der Waals surface area contributed by atoms with Crippen LogP contribution in [0.1, 0.15) is 10.4 Å². The molecule has 0 aliphatic rings. The highest BCUT2D eigenvalue weighted by molar-refractivity contribution is 5.86. The minimum absolute atomic E-state index is 0.357. The number of carbonyl (C=O) groups excluding carboxylic acids is 1. The Kier molecular flexibility index (Phi) is 2.14. The van der Waals surface area contributed by atoms with Crippen LogP contribution >= 0.6 is 0 Å². The molecule has 1 aromatic heterocycles. The molecular formula is C11H7FO2. The van der Waals surface area contributed by atoms with Gasteiger partial charge in [0.15, 0.2) is 6.29 Å². The summed E-state index contributed by atoms with van der Waals surface area (Å²) in [5.74, 6) is -0.364. The van der Waals surface area contributed by atoms with Crippen LogP contribution in [0, 0.1) is 5.82 Å². The fourth-order valence-corrected chi connectivity index (χ4v) is 1.30. The smallest absolute Gasteiger partial charge is 0.153 e. The normalized spacial score (nSPS) is 10.1. The molecule has 14 heavy (non-hydrogen) atoms. The van der Waals surface area contributed by atoms with Crippen molar-refractivity contribution >= 4 is 6.29 Å². The molecule has 0 N–H and O–H groups in total. The minimum atomic E-state index is -0.364. The molecule has 0 atom stereocenters. The molecule has 0 fully saturated rings. The Labute approximate surface area is 80.0 Å². The number of halogens is 1. The number of carbonyl (C=O) groups is 1. The lowest BCUT2D eigenvalue weighted by Gasteiger charge is -1.99. The third-order valence-electron chi connectivity index (χ3n) is 1.98. The molecule has 0 radical (unpaired) electrons. The number of aldehydes is 1. The first kappa shape index (κ1) is 8.69. The Hall–Kier alpha value is -1.90. The van der Waals surface area contributed by atoms with Crippen molar-refractivity contribution in [3.63, 3.8) is 0 Å². The summed E-state index contributed by atoms with van der Waals surface area (Å²) < 4.78 is 18.2. The van der Waals surface area contributed by atoms with E-state index in [0.717, 1.165) is 0 Å². The van der Waals surface area contributed by atoms with Gasteiger partial charge in [-0.2, -0.15) is 0 Å². The van der Waals surface area contributed by atoms with E-state index >= 15 is 0 Å². The maximum Gasteiger partial charge on any atom is 0.153 e. The summed E-state index contributed by atoms with van der Waals surface area (Å²) in [6.07, 6.45) is 3.31. The summed E-state index contributed by atoms with van der Waals surface area (Å²) in [5, 5.41) is 0. The average Bonchev–Trinajstić information content (AvgIpc) is 2.66. The van der Waals surface area contributed by atoms with Crippen LogP contribution in [-0.2, 0) is 0 Å². The van der Waals surface area contributed by atoms with Crippen LogP contribution in [0.2, 0.25) is 0 Å². The van der Waals surface area contributed by atoms with Crippen LogP contribution in [0.25, 0.3) is 11.1 Å². The van der Waals surface area contributed by atoms with Crippen LogP contribution in [0.5, 0.6) is 0 Å². The van der Waals surface area contributed by atoms with Crippen molar-refractivity contribution in [2.45, 2.75) is 0 Å². The summed E-state index contributed by atoms with van der Waals surface area (Å²) in [6, 6.07) is 6.25. The van der Waals surface area contributed by atoms with Crippen molar-refractivity contribution in [1.29, 1.82) is 0 Å². The molecule has 2 rings (SSSR count). The zero-order valence-electron chi connectivity index (χ0n) is 7.24. The summed E-state index contributed by atoms with van der Waals surface area (Å²) in [5.41, 5.74) is 1.22. The number of furan rings is 1. The van der Waals surface area contributed by atoms with Crippen molar-refractivity contribution in [3.05, 3.63) is 48.2 Å². The van der Waals surface area contributed by atoms with E-state index in [2.05, 4.69) is 0 Å². The van der Waals surface area contributed by atoms with Crippen LogP contribution in [0.15, 0.2) is 41.2 Å². The van der Waals surface area contributed by atoms with E-state index in [4.69, 9.17) is 4.42 Å². The third kappa shape index (κ3) is 1.33. The van der Waals surface area contributed by atoms with Crippen molar-refractivity contribution < 1.29 is 13.6 Å². The summed E-state index contributed by atoms with van der Waals surface area (Å²) in [7, 11) is 0. The first-order chi connectivity index (χ1) is 6.83. The second-order valence-electron chi connectivity index (χ2n) is 2.84. The topological polar surface area (TPSA) is 30.2 Å². The van der Waals surface area contributed by atoms with Crippen molar-refractivity contribution in [3.8, 4) is 11.1 Å². The molecular weight excluding hydrogens is 183 g/mol. The van der Waals surface area contributed by atoms with Gasteiger partial charge in [0.05, 0.1) is 11.8 Å². The summed E-state index contributed by atoms with van der Waals surface area (Å²) in [6.45, 7) is 0. The second kappa shape index (κ2) is 3.46. The largest absolute Gasteiger partial charge is 0.471 e. The molecule has 2 nitrogen and oxygen atoms in total. The molecule has 3 heteroatoms. The Morgan fingerprint density at radius 1 is 1.14 bits per heavy atom. The fraction of sp³-hybridized carbons (Fsp3) is 0. The molecule has 2 aromatic rings. The Morgan fingerprint density at radius 2 is 1.93 bits per heavy atom. The average molecular weight is 190 g/mol. The highest BCUT2D eigenvalue weighted by Gasteiger charge is 2.10. The number of benzene rings is 1. The van der Waals surface area contributed by atoms with Gasteiger partial charge >= 0.3 is 0 Å². The quantitative estimate of drug-likeness (QED) is 0.681. The monoisotopic (exact) mass is 190 g/mol. The minimum Gasteiger partial charge on any atom is -0.471 e. The van der Waals surface area contributed by atoms with Gasteiger partial charge in [0.25, 0.3) is 0 Å². The predicted octanol–water partition coefficient (Wildman–Crippen LogP) is 2.90. The van der Waals surface area contributed by atoms with Crippen LogP contribution in [0.3, 0.4) is 0 Å². The van der Waals surface area contributed by atoms with Gasteiger partial charge in [-0.25, -0.2) is 4.39 Å².